The molecule has 0 rings (SSSR count). The maximum atomic E-state index is 2.52. The van der Waals surface area contributed by atoms with Gasteiger partial charge in [-0.15, -0.1) is 0 Å². The Morgan fingerprint density at radius 1 is 0.714 bits per heavy atom. The van der Waals surface area contributed by atoms with E-state index in [0.717, 1.165) is 0 Å². The zero-order chi connectivity index (χ0) is 4.50. The molecule has 0 aromatic carbocycles. The van der Waals surface area contributed by atoms with Crippen LogP contribution in [0.1, 0.15) is 0 Å². The van der Waals surface area contributed by atoms with Gasteiger partial charge in [0.15, 0.2) is 0 Å². The predicted octanol–water partition coefficient (Wildman–Crippen LogP) is 1.89. The van der Waals surface area contributed by atoms with Gasteiger partial charge in [0.25, 0.3) is 0 Å². The SMILES string of the molecule is O.O.[I][Pt]([I])([I])[I]. The van der Waals surface area contributed by atoms with Gasteiger partial charge in [-0.1, -0.05) is 0 Å². The Labute approximate surface area is 87.1 Å². The molecule has 0 atom stereocenters. The summed E-state index contributed by atoms with van der Waals surface area (Å²) < 4.78 is -1.06. The first-order chi connectivity index (χ1) is 2.00. The molecule has 0 unspecified atom stereocenters. The second kappa shape index (κ2) is 7.63. The summed E-state index contributed by atoms with van der Waals surface area (Å²) in [7, 11) is 0. The van der Waals surface area contributed by atoms with Crippen molar-refractivity contribution >= 4 is 77.4 Å². The van der Waals surface area contributed by atoms with Crippen LogP contribution in [-0.2, 0) is 1.33 Å². The van der Waals surface area contributed by atoms with Crippen LogP contribution < -0.4 is 0 Å². The van der Waals surface area contributed by atoms with E-state index in [-0.39, 0.29) is 11.0 Å². The van der Waals surface area contributed by atoms with Crippen LogP contribution in [0.25, 0.3) is 0 Å². The van der Waals surface area contributed by atoms with Crippen LogP contribution in [0.3, 0.4) is 0 Å². The van der Waals surface area contributed by atoms with Gasteiger partial charge < -0.3 is 11.0 Å². The topological polar surface area (TPSA) is 63.0 Å². The minimum atomic E-state index is -1.06. The van der Waals surface area contributed by atoms with Gasteiger partial charge in [-0.25, -0.2) is 0 Å². The van der Waals surface area contributed by atoms with Gasteiger partial charge >= 0.3 is 78.7 Å². The zero-order valence-electron chi connectivity index (χ0n) is 2.83. The first-order valence-corrected chi connectivity index (χ1v) is 26.3. The number of rotatable bonds is 0. The number of hydrogen-bond acceptors (Lipinski definition) is 0. The van der Waals surface area contributed by atoms with E-state index in [1.165, 1.54) is 0 Å². The van der Waals surface area contributed by atoms with Crippen LogP contribution in [0.4, 0.5) is 0 Å². The van der Waals surface area contributed by atoms with E-state index in [0.29, 0.717) is 0 Å². The molecule has 7 heteroatoms. The first kappa shape index (κ1) is 16.9. The van der Waals surface area contributed by atoms with E-state index in [1.807, 2.05) is 0 Å². The van der Waals surface area contributed by atoms with Crippen molar-refractivity contribution in [3.8, 4) is 0 Å². The van der Waals surface area contributed by atoms with Crippen molar-refractivity contribution in [2.75, 3.05) is 0 Å². The summed E-state index contributed by atoms with van der Waals surface area (Å²) >= 11 is 10.1. The monoisotopic (exact) mass is 739 g/mol. The van der Waals surface area contributed by atoms with Gasteiger partial charge in [0.05, 0.1) is 0 Å². The molecule has 0 fully saturated rings. The summed E-state index contributed by atoms with van der Waals surface area (Å²) in [6.07, 6.45) is 0. The van der Waals surface area contributed by atoms with Crippen LogP contribution in [0, 0.1) is 0 Å². The molecule has 0 aromatic rings. The molecule has 0 aliphatic heterocycles. The number of halogens is 4. The van der Waals surface area contributed by atoms with E-state index in [1.54, 1.807) is 0 Å². The summed E-state index contributed by atoms with van der Waals surface area (Å²) in [6.45, 7) is 0. The van der Waals surface area contributed by atoms with Crippen molar-refractivity contribution in [2.24, 2.45) is 0 Å². The molecular weight excluding hydrogens is 735 g/mol. The Morgan fingerprint density at radius 2 is 0.714 bits per heavy atom. The van der Waals surface area contributed by atoms with Gasteiger partial charge in [-0.05, 0) is 0 Å². The summed E-state index contributed by atoms with van der Waals surface area (Å²) in [4.78, 5) is 0. The standard InChI is InChI=1S/4HI.2H2O.Pt/h4*1H;2*1H2;/q;;;;;;+4/p-4. The Balaban J connectivity index is -0.0000000800. The molecule has 0 aliphatic carbocycles. The van der Waals surface area contributed by atoms with Crippen molar-refractivity contribution in [1.29, 1.82) is 0 Å². The van der Waals surface area contributed by atoms with E-state index < -0.39 is 1.33 Å². The van der Waals surface area contributed by atoms with E-state index in [4.69, 9.17) is 0 Å². The van der Waals surface area contributed by atoms with Crippen molar-refractivity contribution in [1.82, 2.24) is 0 Å². The fraction of sp³-hybridized carbons (Fsp3) is 0. The molecule has 7 heavy (non-hydrogen) atoms. The molecule has 2 nitrogen and oxygen atoms in total. The van der Waals surface area contributed by atoms with E-state index >= 15 is 0 Å². The Hall–Kier alpha value is 3.53. The van der Waals surface area contributed by atoms with E-state index in [9.17, 15) is 0 Å². The van der Waals surface area contributed by atoms with Crippen LogP contribution in [-0.4, -0.2) is 11.0 Å². The van der Waals surface area contributed by atoms with Crippen molar-refractivity contribution in [3.63, 3.8) is 0 Å². The Bertz CT molecular complexity index is 25.2. The quantitative estimate of drug-likeness (QED) is 0.342. The van der Waals surface area contributed by atoms with Gasteiger partial charge in [0, 0.05) is 0 Å². The Morgan fingerprint density at radius 3 is 0.714 bits per heavy atom. The molecule has 0 spiro atoms. The number of hydrogen-bond donors (Lipinski definition) is 0. The molecule has 0 saturated carbocycles. The summed E-state index contributed by atoms with van der Waals surface area (Å²) in [5, 5.41) is 0. The van der Waals surface area contributed by atoms with E-state index in [2.05, 4.69) is 77.4 Å². The Kier molecular flexibility index (Phi) is 18.4. The average molecular weight is 739 g/mol. The van der Waals surface area contributed by atoms with Crippen molar-refractivity contribution in [2.45, 2.75) is 0 Å². The molecule has 0 radical (unpaired) electrons. The van der Waals surface area contributed by atoms with Crippen LogP contribution in [0.2, 0.25) is 0 Å². The third kappa shape index (κ3) is 43.4. The molecule has 0 bridgehead atoms. The molecule has 0 heterocycles. The van der Waals surface area contributed by atoms with Crippen LogP contribution in [0.15, 0.2) is 0 Å². The van der Waals surface area contributed by atoms with Crippen LogP contribution >= 0.6 is 77.4 Å². The minimum absolute atomic E-state index is 0. The molecule has 4 N–H and O–H groups in total. The third-order valence-corrected chi connectivity index (χ3v) is 0. The molecule has 0 amide bonds. The summed E-state index contributed by atoms with van der Waals surface area (Å²) in [5.74, 6) is 0. The van der Waals surface area contributed by atoms with Gasteiger partial charge in [0.2, 0.25) is 0 Å². The molecular formula is H4I4O2Pt. The summed E-state index contributed by atoms with van der Waals surface area (Å²) in [6, 6.07) is 0. The predicted molar refractivity (Wildman–Crippen MR) is 63.3 cm³/mol. The second-order valence-corrected chi connectivity index (χ2v) is 99.8. The van der Waals surface area contributed by atoms with Gasteiger partial charge in [0.1, 0.15) is 0 Å². The second-order valence-electron chi connectivity index (χ2n) is 0.271. The van der Waals surface area contributed by atoms with Gasteiger partial charge in [-0.3, -0.25) is 0 Å². The molecule has 0 aromatic heterocycles. The normalized spacial score (nSPS) is 10.9. The first-order valence-electron chi connectivity index (χ1n) is 0.478. The van der Waals surface area contributed by atoms with Crippen molar-refractivity contribution < 1.29 is 12.3 Å². The maximum absolute atomic E-state index is 2.52. The fourth-order valence-electron chi connectivity index (χ4n) is 0. The fourth-order valence-corrected chi connectivity index (χ4v) is 0. The van der Waals surface area contributed by atoms with Crippen molar-refractivity contribution in [3.05, 3.63) is 0 Å². The molecule has 0 saturated heterocycles. The molecule has 54 valence electrons. The molecule has 0 aliphatic rings. The third-order valence-electron chi connectivity index (χ3n) is 0. The van der Waals surface area contributed by atoms with Crippen LogP contribution in [0.5, 0.6) is 0 Å². The summed E-state index contributed by atoms with van der Waals surface area (Å²) in [5.41, 5.74) is 0. The van der Waals surface area contributed by atoms with Gasteiger partial charge in [-0.2, -0.15) is 0 Å². The average Bonchev–Trinajstić information content (AvgIpc) is 0.722. The zero-order valence-corrected chi connectivity index (χ0v) is 13.7.